The van der Waals surface area contributed by atoms with Gasteiger partial charge in [0.05, 0.1) is 18.4 Å². The van der Waals surface area contributed by atoms with Gasteiger partial charge in [-0.15, -0.1) is 0 Å². The minimum absolute atomic E-state index is 0.0452. The van der Waals surface area contributed by atoms with Crippen LogP contribution in [0.25, 0.3) is 22.3 Å². The van der Waals surface area contributed by atoms with E-state index in [0.717, 1.165) is 31.7 Å². The van der Waals surface area contributed by atoms with Gasteiger partial charge in [-0.05, 0) is 88.5 Å². The van der Waals surface area contributed by atoms with Crippen molar-refractivity contribution in [1.29, 1.82) is 0 Å². The average Bonchev–Trinajstić information content (AvgIpc) is 3.18. The Morgan fingerprint density at radius 2 is 1.14 bits per heavy atom. The van der Waals surface area contributed by atoms with Crippen LogP contribution in [0.2, 0.25) is 0 Å². The minimum Gasteiger partial charge on any atom is -0.481 e. The molecule has 1 fully saturated rings. The summed E-state index contributed by atoms with van der Waals surface area (Å²) >= 11 is 0. The van der Waals surface area contributed by atoms with Crippen molar-refractivity contribution in [3.8, 4) is 22.3 Å². The first-order valence-electron chi connectivity index (χ1n) is 18.7. The average molecular weight is 790 g/mol. The molecule has 4 N–H and O–H groups in total. The summed E-state index contributed by atoms with van der Waals surface area (Å²) in [6.45, 7) is 4.59. The lowest BCUT2D eigenvalue weighted by atomic mass is 9.88. The number of hydrogen-bond donors (Lipinski definition) is 3. The second kappa shape index (κ2) is 20.8. The Labute approximate surface area is 331 Å². The predicted molar refractivity (Wildman–Crippen MR) is 213 cm³/mol. The molecule has 0 bridgehead atoms. The molecule has 0 spiro atoms. The molecule has 3 amide bonds. The molecule has 4 aromatic carbocycles. The van der Waals surface area contributed by atoms with Crippen LogP contribution in [0, 0.1) is 5.92 Å². The summed E-state index contributed by atoms with van der Waals surface area (Å²) in [5, 5.41) is 18.4. The van der Waals surface area contributed by atoms with Crippen molar-refractivity contribution < 1.29 is 47.4 Å². The van der Waals surface area contributed by atoms with Crippen molar-refractivity contribution >= 4 is 29.7 Å². The van der Waals surface area contributed by atoms with E-state index in [9.17, 15) is 42.3 Å². The van der Waals surface area contributed by atoms with Crippen molar-refractivity contribution in [3.05, 3.63) is 118 Å². The lowest BCUT2D eigenvalue weighted by molar-refractivity contribution is -0.137. The van der Waals surface area contributed by atoms with Gasteiger partial charge in [-0.1, -0.05) is 81.6 Å². The third-order valence-electron chi connectivity index (χ3n) is 9.41. The molecule has 0 atom stereocenters. The van der Waals surface area contributed by atoms with Gasteiger partial charge >= 0.3 is 18.1 Å². The zero-order chi connectivity index (χ0) is 42.4. The topological polar surface area (TPSA) is 158 Å². The smallest absolute Gasteiger partial charge is 0.417 e. The van der Waals surface area contributed by atoms with Gasteiger partial charge in [-0.3, -0.25) is 24.0 Å². The quantitative estimate of drug-likeness (QED) is 0.138. The van der Waals surface area contributed by atoms with Crippen LogP contribution < -0.4 is 5.73 Å². The molecule has 0 unspecified atom stereocenters. The zero-order valence-corrected chi connectivity index (χ0v) is 32.9. The molecule has 1 aliphatic rings. The Kier molecular flexibility index (Phi) is 16.6. The molecule has 0 saturated heterocycles. The summed E-state index contributed by atoms with van der Waals surface area (Å²) in [6.07, 6.45) is 0.339. The molecule has 1 aliphatic carbocycles. The monoisotopic (exact) mass is 789 g/mol. The van der Waals surface area contributed by atoms with Gasteiger partial charge in [0.1, 0.15) is 0 Å². The summed E-state index contributed by atoms with van der Waals surface area (Å²) in [4.78, 5) is 62.4. The van der Waals surface area contributed by atoms with Gasteiger partial charge in [0, 0.05) is 44.4 Å². The van der Waals surface area contributed by atoms with Crippen LogP contribution >= 0.6 is 0 Å². The third kappa shape index (κ3) is 12.5. The molecule has 10 nitrogen and oxygen atoms in total. The number of hydrogen-bond acceptors (Lipinski definition) is 5. The maximum atomic E-state index is 13.4. The molecule has 0 aromatic heterocycles. The summed E-state index contributed by atoms with van der Waals surface area (Å²) in [5.41, 5.74) is 7.49. The number of aliphatic carboxylic acids is 2. The largest absolute Gasteiger partial charge is 0.481 e. The normalized spacial score (nSPS) is 12.6. The number of rotatable bonds is 11. The van der Waals surface area contributed by atoms with Crippen LogP contribution in [-0.4, -0.2) is 77.4 Å². The Bertz CT molecular complexity index is 2060. The van der Waals surface area contributed by atoms with Crippen LogP contribution in [0.5, 0.6) is 0 Å². The van der Waals surface area contributed by atoms with E-state index in [1.165, 1.54) is 47.7 Å². The van der Waals surface area contributed by atoms with Crippen molar-refractivity contribution in [3.63, 3.8) is 0 Å². The predicted octanol–water partition coefficient (Wildman–Crippen LogP) is 8.46. The first-order chi connectivity index (χ1) is 27.0. The van der Waals surface area contributed by atoms with Crippen molar-refractivity contribution in [1.82, 2.24) is 9.80 Å². The highest BCUT2D eigenvalue weighted by molar-refractivity contribution is 6.01. The number of carbonyl (C=O) groups is 5. The van der Waals surface area contributed by atoms with Crippen LogP contribution in [0.1, 0.15) is 93.7 Å². The lowest BCUT2D eigenvalue weighted by Gasteiger charge is -2.27. The molecule has 0 aliphatic heterocycles. The number of carbonyl (C=O) groups excluding carboxylic acids is 3. The van der Waals surface area contributed by atoms with E-state index >= 15 is 0 Å². The Morgan fingerprint density at radius 3 is 1.63 bits per heavy atom. The van der Waals surface area contributed by atoms with Crippen molar-refractivity contribution in [2.45, 2.75) is 65.0 Å². The highest BCUT2D eigenvalue weighted by atomic mass is 19.4. The van der Waals surface area contributed by atoms with Gasteiger partial charge < -0.3 is 25.7 Å². The highest BCUT2D eigenvalue weighted by Crippen LogP contribution is 2.38. The standard InChI is InChI=1S/C24H26F3NO3.C18H18N2O4.C2H6/c1-28(15-16-7-3-2-4-8-16)23(31)20-12-11-17(13-18(20)14-22(29)30)19-9-5-6-10-21(19)24(25,26)27;1-20(2)18(24)14-8-7-11(9-12(14)10-16(21)22)13-5-3-4-6-15(13)17(19)23;1-2/h5-6,9-13,16H,2-4,7-8,14-15H2,1H3,(H,29,30);3-9H,10H2,1-2H3,(H2,19,23)(H,21,22);1-2H3. The summed E-state index contributed by atoms with van der Waals surface area (Å²) in [6, 6.07) is 21.1. The maximum absolute atomic E-state index is 13.4. The molecule has 4 aromatic rings. The van der Waals surface area contributed by atoms with E-state index in [-0.39, 0.29) is 40.5 Å². The van der Waals surface area contributed by atoms with E-state index in [4.69, 9.17) is 10.8 Å². The second-order valence-corrected chi connectivity index (χ2v) is 13.7. The summed E-state index contributed by atoms with van der Waals surface area (Å²) in [7, 11) is 4.89. The van der Waals surface area contributed by atoms with E-state index in [1.54, 1.807) is 68.5 Å². The molecular formula is C44H50F3N3O7. The van der Waals surface area contributed by atoms with E-state index in [1.807, 2.05) is 13.8 Å². The fourth-order valence-corrected chi connectivity index (χ4v) is 6.78. The minimum atomic E-state index is -4.54. The number of nitrogens with zero attached hydrogens (tertiary/aromatic N) is 2. The molecule has 13 heteroatoms. The van der Waals surface area contributed by atoms with Crippen LogP contribution in [-0.2, 0) is 28.6 Å². The van der Waals surface area contributed by atoms with E-state index in [0.29, 0.717) is 40.3 Å². The molecular weight excluding hydrogens is 739 g/mol. The van der Waals surface area contributed by atoms with Crippen molar-refractivity contribution in [2.75, 3.05) is 27.7 Å². The van der Waals surface area contributed by atoms with E-state index < -0.39 is 36.0 Å². The van der Waals surface area contributed by atoms with E-state index in [2.05, 4.69) is 0 Å². The number of amides is 3. The molecule has 0 radical (unpaired) electrons. The van der Waals surface area contributed by atoms with Crippen LogP contribution in [0.15, 0.2) is 84.9 Å². The van der Waals surface area contributed by atoms with Crippen molar-refractivity contribution in [2.24, 2.45) is 11.7 Å². The summed E-state index contributed by atoms with van der Waals surface area (Å²) in [5.74, 6) is -2.92. The highest BCUT2D eigenvalue weighted by Gasteiger charge is 2.33. The van der Waals surface area contributed by atoms with Gasteiger partial charge in [0.2, 0.25) is 5.91 Å². The van der Waals surface area contributed by atoms with Crippen LogP contribution in [0.3, 0.4) is 0 Å². The van der Waals surface area contributed by atoms with Gasteiger partial charge in [0.25, 0.3) is 11.8 Å². The SMILES string of the molecule is CC.CN(C)C(=O)c1ccc(-c2ccccc2C(N)=O)cc1CC(=O)O.CN(CC1CCCCC1)C(=O)c1ccc(-c2ccccc2C(F)(F)F)cc1CC(=O)O. The molecule has 304 valence electrons. The van der Waals surface area contributed by atoms with Gasteiger partial charge in [-0.2, -0.15) is 13.2 Å². The molecule has 57 heavy (non-hydrogen) atoms. The number of nitrogens with two attached hydrogens (primary N) is 1. The number of benzene rings is 4. The third-order valence-corrected chi connectivity index (χ3v) is 9.41. The molecule has 0 heterocycles. The maximum Gasteiger partial charge on any atom is 0.417 e. The number of carboxylic acids is 2. The Morgan fingerprint density at radius 1 is 0.667 bits per heavy atom. The lowest BCUT2D eigenvalue weighted by Crippen LogP contribution is -2.33. The molecule has 5 rings (SSSR count). The number of carboxylic acid groups (broad SMARTS) is 2. The summed E-state index contributed by atoms with van der Waals surface area (Å²) < 4.78 is 40.3. The Balaban J connectivity index is 0.000000302. The van der Waals surface area contributed by atoms with Crippen LogP contribution in [0.4, 0.5) is 13.2 Å². The Hall–Kier alpha value is -5.98. The molecule has 1 saturated carbocycles. The number of primary amides is 1. The first kappa shape index (κ1) is 45.4. The fraction of sp³-hybridized carbons (Fsp3) is 0.341. The fourth-order valence-electron chi connectivity index (χ4n) is 6.78. The zero-order valence-electron chi connectivity index (χ0n) is 32.9. The number of alkyl halides is 3. The second-order valence-electron chi connectivity index (χ2n) is 13.7. The van der Waals surface area contributed by atoms with Gasteiger partial charge in [0.15, 0.2) is 0 Å². The van der Waals surface area contributed by atoms with Gasteiger partial charge in [-0.25, -0.2) is 0 Å². The first-order valence-corrected chi connectivity index (χ1v) is 18.7. The number of halogens is 3.